The Kier molecular flexibility index (Phi) is 4.01. The second kappa shape index (κ2) is 4.94. The number of nitrogens with zero attached hydrogens (tertiary/aromatic N) is 2. The fourth-order valence-electron chi connectivity index (χ4n) is 1.79. The Hall–Kier alpha value is -1.26. The number of hydrogen-bond donors (Lipinski definition) is 1. The molecule has 0 spiro atoms. The Morgan fingerprint density at radius 3 is 2.18 bits per heavy atom. The molecule has 1 aliphatic heterocycles. The first-order valence-electron chi connectivity index (χ1n) is 6.03. The molecule has 2 amide bonds. The molecule has 1 fully saturated rings. The quantitative estimate of drug-likeness (QED) is 0.800. The van der Waals surface area contributed by atoms with Gasteiger partial charge in [-0.25, -0.2) is 9.59 Å². The number of likely N-dealkylation sites (tertiary alicyclic amines) is 1. The summed E-state index contributed by atoms with van der Waals surface area (Å²) in [7, 11) is 1.55. The lowest BCUT2D eigenvalue weighted by atomic mass is 9.99. The summed E-state index contributed by atoms with van der Waals surface area (Å²) in [5.41, 5.74) is -1.17. The standard InChI is InChI=1S/C12H22N2O3/c1-9-5-7-14(8-6-9)11(17)13(4)12(2,3)10(15)16/h9H,5-8H2,1-4H3,(H,15,16). The smallest absolute Gasteiger partial charge is 0.329 e. The molecule has 5 heteroatoms. The van der Waals surface area contributed by atoms with E-state index in [1.54, 1.807) is 25.8 Å². The molecule has 1 saturated heterocycles. The van der Waals surface area contributed by atoms with Crippen LogP contribution in [0.25, 0.3) is 0 Å². The van der Waals surface area contributed by atoms with Gasteiger partial charge in [0.2, 0.25) is 0 Å². The van der Waals surface area contributed by atoms with Gasteiger partial charge in [-0.3, -0.25) is 0 Å². The molecule has 0 saturated carbocycles. The van der Waals surface area contributed by atoms with E-state index in [4.69, 9.17) is 5.11 Å². The maximum atomic E-state index is 12.1. The SMILES string of the molecule is CC1CCN(C(=O)N(C)C(C)(C)C(=O)O)CC1. The molecule has 0 aromatic heterocycles. The van der Waals surface area contributed by atoms with Crippen molar-refractivity contribution in [3.05, 3.63) is 0 Å². The molecule has 0 atom stereocenters. The summed E-state index contributed by atoms with van der Waals surface area (Å²) in [6.45, 7) is 6.70. The van der Waals surface area contributed by atoms with Crippen LogP contribution in [0.3, 0.4) is 0 Å². The maximum Gasteiger partial charge on any atom is 0.329 e. The van der Waals surface area contributed by atoms with E-state index in [0.29, 0.717) is 5.92 Å². The average Bonchev–Trinajstić information content (AvgIpc) is 2.27. The molecule has 0 aromatic rings. The first-order chi connectivity index (χ1) is 7.76. The van der Waals surface area contributed by atoms with Gasteiger partial charge in [-0.1, -0.05) is 6.92 Å². The van der Waals surface area contributed by atoms with Gasteiger partial charge in [-0.2, -0.15) is 0 Å². The molecular weight excluding hydrogens is 220 g/mol. The minimum atomic E-state index is -1.17. The highest BCUT2D eigenvalue weighted by Gasteiger charge is 2.37. The van der Waals surface area contributed by atoms with E-state index in [0.717, 1.165) is 25.9 Å². The molecule has 1 N–H and O–H groups in total. The Labute approximate surface area is 102 Å². The molecule has 0 unspecified atom stereocenters. The van der Waals surface area contributed by atoms with E-state index in [1.807, 2.05) is 0 Å². The van der Waals surface area contributed by atoms with Gasteiger partial charge in [0, 0.05) is 20.1 Å². The van der Waals surface area contributed by atoms with Gasteiger partial charge in [0.15, 0.2) is 0 Å². The van der Waals surface area contributed by atoms with Gasteiger partial charge < -0.3 is 14.9 Å². The number of piperidine rings is 1. The molecule has 0 aromatic carbocycles. The number of urea groups is 1. The second-order valence-electron chi connectivity index (χ2n) is 5.38. The van der Waals surface area contributed by atoms with E-state index in [1.165, 1.54) is 4.90 Å². The zero-order valence-electron chi connectivity index (χ0n) is 11.1. The van der Waals surface area contributed by atoms with Crippen molar-refractivity contribution in [1.29, 1.82) is 0 Å². The van der Waals surface area contributed by atoms with Crippen LogP contribution in [0, 0.1) is 5.92 Å². The van der Waals surface area contributed by atoms with Crippen molar-refractivity contribution in [1.82, 2.24) is 9.80 Å². The summed E-state index contributed by atoms with van der Waals surface area (Å²) in [5.74, 6) is -0.337. The molecular formula is C12H22N2O3. The highest BCUT2D eigenvalue weighted by atomic mass is 16.4. The van der Waals surface area contributed by atoms with Crippen LogP contribution in [0.15, 0.2) is 0 Å². The number of aliphatic carboxylic acids is 1. The number of hydrogen-bond acceptors (Lipinski definition) is 2. The summed E-state index contributed by atoms with van der Waals surface area (Å²) in [4.78, 5) is 26.3. The van der Waals surface area contributed by atoms with Crippen molar-refractivity contribution < 1.29 is 14.7 Å². The number of carboxylic acids is 1. The number of carbonyl (C=O) groups excluding carboxylic acids is 1. The van der Waals surface area contributed by atoms with E-state index < -0.39 is 11.5 Å². The topological polar surface area (TPSA) is 60.9 Å². The van der Waals surface area contributed by atoms with E-state index in [-0.39, 0.29) is 6.03 Å². The largest absolute Gasteiger partial charge is 0.480 e. The van der Waals surface area contributed by atoms with E-state index in [9.17, 15) is 9.59 Å². The molecule has 0 radical (unpaired) electrons. The van der Waals surface area contributed by atoms with Gasteiger partial charge in [0.25, 0.3) is 0 Å². The Morgan fingerprint density at radius 2 is 1.76 bits per heavy atom. The summed E-state index contributed by atoms with van der Waals surface area (Å²) in [6, 6.07) is -0.190. The summed E-state index contributed by atoms with van der Waals surface area (Å²) >= 11 is 0. The fraction of sp³-hybridized carbons (Fsp3) is 0.833. The predicted molar refractivity (Wildman–Crippen MR) is 64.8 cm³/mol. The first kappa shape index (κ1) is 13.8. The molecule has 98 valence electrons. The van der Waals surface area contributed by atoms with Gasteiger partial charge in [-0.15, -0.1) is 0 Å². The minimum absolute atomic E-state index is 0.190. The molecule has 0 bridgehead atoms. The number of carbonyl (C=O) groups is 2. The Bertz CT molecular complexity index is 307. The van der Waals surface area contributed by atoms with Crippen LogP contribution >= 0.6 is 0 Å². The van der Waals surface area contributed by atoms with E-state index >= 15 is 0 Å². The van der Waals surface area contributed by atoms with Gasteiger partial charge in [0.05, 0.1) is 0 Å². The molecule has 5 nitrogen and oxygen atoms in total. The first-order valence-corrected chi connectivity index (χ1v) is 6.03. The lowest BCUT2D eigenvalue weighted by molar-refractivity contribution is -0.147. The van der Waals surface area contributed by atoms with Crippen LogP contribution in [-0.4, -0.2) is 52.6 Å². The van der Waals surface area contributed by atoms with Crippen LogP contribution < -0.4 is 0 Å². The van der Waals surface area contributed by atoms with Gasteiger partial charge in [0.1, 0.15) is 5.54 Å². The van der Waals surface area contributed by atoms with Crippen molar-refractivity contribution in [2.24, 2.45) is 5.92 Å². The number of rotatable bonds is 2. The van der Waals surface area contributed by atoms with E-state index in [2.05, 4.69) is 6.92 Å². The summed E-state index contributed by atoms with van der Waals surface area (Å²) in [5, 5.41) is 9.09. The van der Waals surface area contributed by atoms with Crippen LogP contribution in [0.5, 0.6) is 0 Å². The predicted octanol–water partition coefficient (Wildman–Crippen LogP) is 1.63. The minimum Gasteiger partial charge on any atom is -0.480 e. The molecule has 1 aliphatic rings. The number of likely N-dealkylation sites (N-methyl/N-ethyl adjacent to an activating group) is 1. The third-order valence-electron chi connectivity index (χ3n) is 3.70. The van der Waals surface area contributed by atoms with Gasteiger partial charge >= 0.3 is 12.0 Å². The summed E-state index contributed by atoms with van der Waals surface area (Å²) < 4.78 is 0. The Morgan fingerprint density at radius 1 is 1.29 bits per heavy atom. The number of carboxylic acid groups (broad SMARTS) is 1. The second-order valence-corrected chi connectivity index (χ2v) is 5.38. The molecule has 17 heavy (non-hydrogen) atoms. The van der Waals surface area contributed by atoms with Gasteiger partial charge in [-0.05, 0) is 32.6 Å². The van der Waals surface area contributed by atoms with Crippen molar-refractivity contribution in [2.75, 3.05) is 20.1 Å². The maximum absolute atomic E-state index is 12.1. The Balaban J connectivity index is 2.67. The molecule has 1 heterocycles. The van der Waals surface area contributed by atoms with Crippen LogP contribution in [0.4, 0.5) is 4.79 Å². The fourth-order valence-corrected chi connectivity index (χ4v) is 1.79. The van der Waals surface area contributed by atoms with Crippen molar-refractivity contribution in [3.63, 3.8) is 0 Å². The van der Waals surface area contributed by atoms with Crippen LogP contribution in [0.1, 0.15) is 33.6 Å². The zero-order chi connectivity index (χ0) is 13.2. The van der Waals surface area contributed by atoms with Crippen LogP contribution in [-0.2, 0) is 4.79 Å². The third-order valence-corrected chi connectivity index (χ3v) is 3.70. The highest BCUT2D eigenvalue weighted by molar-refractivity contribution is 5.85. The molecule has 0 aliphatic carbocycles. The summed E-state index contributed by atoms with van der Waals surface area (Å²) in [6.07, 6.45) is 1.99. The lowest BCUT2D eigenvalue weighted by Crippen LogP contribution is -2.56. The van der Waals surface area contributed by atoms with Crippen molar-refractivity contribution in [3.8, 4) is 0 Å². The average molecular weight is 242 g/mol. The molecule has 1 rings (SSSR count). The highest BCUT2D eigenvalue weighted by Crippen LogP contribution is 2.20. The number of amides is 2. The third kappa shape index (κ3) is 2.90. The van der Waals surface area contributed by atoms with Crippen molar-refractivity contribution in [2.45, 2.75) is 39.2 Å². The van der Waals surface area contributed by atoms with Crippen molar-refractivity contribution >= 4 is 12.0 Å². The van der Waals surface area contributed by atoms with Crippen LogP contribution in [0.2, 0.25) is 0 Å². The zero-order valence-corrected chi connectivity index (χ0v) is 11.1. The normalized spacial score (nSPS) is 18.0. The monoisotopic (exact) mass is 242 g/mol. The lowest BCUT2D eigenvalue weighted by Gasteiger charge is -2.38.